The molecule has 0 fully saturated rings. The topological polar surface area (TPSA) is 17.1 Å². The fraction of sp³-hybridized carbons (Fsp3) is 0.364. The third-order valence-corrected chi connectivity index (χ3v) is 2.95. The minimum atomic E-state index is 0.608. The van der Waals surface area contributed by atoms with Gasteiger partial charge >= 0.3 is 0 Å². The van der Waals surface area contributed by atoms with Crippen LogP contribution in [-0.4, -0.2) is 6.29 Å². The van der Waals surface area contributed by atoms with E-state index in [1.165, 1.54) is 16.7 Å². The third-order valence-electron chi connectivity index (χ3n) is 2.13. The summed E-state index contributed by atoms with van der Waals surface area (Å²) in [6.45, 7) is 4.14. The molecular formula is C11H13BrO. The number of carbonyl (C=O) groups is 1. The van der Waals surface area contributed by atoms with Crippen molar-refractivity contribution in [1.82, 2.24) is 0 Å². The fourth-order valence-electron chi connectivity index (χ4n) is 1.36. The molecule has 0 aliphatic rings. The average molecular weight is 241 g/mol. The van der Waals surface area contributed by atoms with Crippen LogP contribution in [0, 0.1) is 13.8 Å². The average Bonchev–Trinajstić information content (AvgIpc) is 2.09. The van der Waals surface area contributed by atoms with Crippen LogP contribution >= 0.6 is 15.9 Å². The summed E-state index contributed by atoms with van der Waals surface area (Å²) in [5.41, 5.74) is 3.74. The number of aryl methyl sites for hydroxylation is 2. The first-order valence-corrected chi connectivity index (χ1v) is 5.13. The van der Waals surface area contributed by atoms with Gasteiger partial charge in [0, 0.05) is 10.9 Å². The van der Waals surface area contributed by atoms with E-state index in [0.717, 1.165) is 17.2 Å². The molecule has 1 rings (SSSR count). The lowest BCUT2D eigenvalue weighted by molar-refractivity contribution is -0.107. The maximum Gasteiger partial charge on any atom is 0.120 e. The molecule has 0 aromatic heterocycles. The first-order chi connectivity index (χ1) is 6.15. The van der Waals surface area contributed by atoms with Crippen LogP contribution in [0.2, 0.25) is 0 Å². The summed E-state index contributed by atoms with van der Waals surface area (Å²) in [5, 5.41) is 0. The van der Waals surface area contributed by atoms with Crippen molar-refractivity contribution in [2.75, 3.05) is 0 Å². The molecule has 0 bridgehead atoms. The molecule has 0 aliphatic carbocycles. The van der Waals surface area contributed by atoms with Gasteiger partial charge in [-0.05, 0) is 43.0 Å². The molecule has 0 radical (unpaired) electrons. The van der Waals surface area contributed by atoms with Gasteiger partial charge in [-0.3, -0.25) is 0 Å². The third kappa shape index (κ3) is 2.66. The van der Waals surface area contributed by atoms with E-state index in [2.05, 4.69) is 41.9 Å². The highest BCUT2D eigenvalue weighted by Crippen LogP contribution is 2.22. The van der Waals surface area contributed by atoms with Crippen LogP contribution < -0.4 is 0 Å². The van der Waals surface area contributed by atoms with Crippen LogP contribution in [-0.2, 0) is 11.2 Å². The lowest BCUT2D eigenvalue weighted by atomic mass is 10.0. The van der Waals surface area contributed by atoms with Crippen LogP contribution in [0.5, 0.6) is 0 Å². The molecule has 0 unspecified atom stereocenters. The second-order valence-corrected chi connectivity index (χ2v) is 4.09. The Hall–Kier alpha value is -0.630. The highest BCUT2D eigenvalue weighted by atomic mass is 79.9. The Bertz CT molecular complexity index is 318. The summed E-state index contributed by atoms with van der Waals surface area (Å²) in [6, 6.07) is 4.24. The summed E-state index contributed by atoms with van der Waals surface area (Å²) < 4.78 is 1.13. The van der Waals surface area contributed by atoms with Gasteiger partial charge in [0.15, 0.2) is 0 Å². The monoisotopic (exact) mass is 240 g/mol. The van der Waals surface area contributed by atoms with Gasteiger partial charge < -0.3 is 4.79 Å². The van der Waals surface area contributed by atoms with E-state index in [-0.39, 0.29) is 0 Å². The van der Waals surface area contributed by atoms with E-state index >= 15 is 0 Å². The van der Waals surface area contributed by atoms with Crippen molar-refractivity contribution >= 4 is 22.2 Å². The molecule has 1 aromatic carbocycles. The standard InChI is InChI=1S/C11H13BrO/c1-8-6-10(4-3-5-13)9(2)11(12)7-8/h5-7H,3-4H2,1-2H3. The predicted octanol–water partition coefficient (Wildman–Crippen LogP) is 3.20. The maximum absolute atomic E-state index is 10.2. The number of benzene rings is 1. The van der Waals surface area contributed by atoms with Gasteiger partial charge in [-0.25, -0.2) is 0 Å². The SMILES string of the molecule is Cc1cc(Br)c(C)c(CCC=O)c1. The highest BCUT2D eigenvalue weighted by Gasteiger charge is 2.02. The number of carbonyl (C=O) groups excluding carboxylic acids is 1. The van der Waals surface area contributed by atoms with Crippen LogP contribution in [0.1, 0.15) is 23.1 Å². The van der Waals surface area contributed by atoms with Crippen LogP contribution in [0.3, 0.4) is 0 Å². The summed E-state index contributed by atoms with van der Waals surface area (Å²) in [4.78, 5) is 10.2. The highest BCUT2D eigenvalue weighted by molar-refractivity contribution is 9.10. The molecular weight excluding hydrogens is 228 g/mol. The zero-order chi connectivity index (χ0) is 9.84. The van der Waals surface area contributed by atoms with Gasteiger partial charge in [0.2, 0.25) is 0 Å². The predicted molar refractivity (Wildman–Crippen MR) is 58.0 cm³/mol. The smallest absolute Gasteiger partial charge is 0.120 e. The van der Waals surface area contributed by atoms with Crippen molar-refractivity contribution in [3.8, 4) is 0 Å². The largest absolute Gasteiger partial charge is 0.303 e. The molecule has 0 atom stereocenters. The molecule has 0 N–H and O–H groups in total. The number of hydrogen-bond donors (Lipinski definition) is 0. The van der Waals surface area contributed by atoms with E-state index in [1.54, 1.807) is 0 Å². The molecule has 0 aliphatic heterocycles. The Balaban J connectivity index is 2.98. The van der Waals surface area contributed by atoms with Crippen LogP contribution in [0.25, 0.3) is 0 Å². The Morgan fingerprint density at radius 3 is 2.69 bits per heavy atom. The van der Waals surface area contributed by atoms with Gasteiger partial charge in [0.25, 0.3) is 0 Å². The van der Waals surface area contributed by atoms with Crippen molar-refractivity contribution in [2.24, 2.45) is 0 Å². The quantitative estimate of drug-likeness (QED) is 0.742. The summed E-state index contributed by atoms with van der Waals surface area (Å²) in [7, 11) is 0. The fourth-order valence-corrected chi connectivity index (χ4v) is 1.98. The summed E-state index contributed by atoms with van der Waals surface area (Å²) in [6.07, 6.45) is 2.42. The maximum atomic E-state index is 10.2. The Morgan fingerprint density at radius 1 is 1.38 bits per heavy atom. The second kappa shape index (κ2) is 4.56. The molecule has 2 heteroatoms. The first kappa shape index (κ1) is 10.5. The lowest BCUT2D eigenvalue weighted by Gasteiger charge is -2.07. The summed E-state index contributed by atoms with van der Waals surface area (Å²) >= 11 is 3.50. The summed E-state index contributed by atoms with van der Waals surface area (Å²) in [5.74, 6) is 0. The molecule has 0 amide bonds. The molecule has 1 nitrogen and oxygen atoms in total. The van der Waals surface area contributed by atoms with E-state index in [1.807, 2.05) is 0 Å². The van der Waals surface area contributed by atoms with Gasteiger partial charge in [0.1, 0.15) is 6.29 Å². The lowest BCUT2D eigenvalue weighted by Crippen LogP contribution is -1.92. The van der Waals surface area contributed by atoms with Crippen molar-refractivity contribution in [3.63, 3.8) is 0 Å². The van der Waals surface area contributed by atoms with Crippen molar-refractivity contribution in [1.29, 1.82) is 0 Å². The molecule has 13 heavy (non-hydrogen) atoms. The van der Waals surface area contributed by atoms with E-state index in [9.17, 15) is 4.79 Å². The van der Waals surface area contributed by atoms with Crippen LogP contribution in [0.4, 0.5) is 0 Å². The molecule has 0 saturated heterocycles. The Kier molecular flexibility index (Phi) is 3.67. The number of hydrogen-bond acceptors (Lipinski definition) is 1. The second-order valence-electron chi connectivity index (χ2n) is 3.24. The van der Waals surface area contributed by atoms with Gasteiger partial charge in [-0.15, -0.1) is 0 Å². The number of aldehydes is 1. The van der Waals surface area contributed by atoms with Gasteiger partial charge in [-0.1, -0.05) is 22.0 Å². The normalized spacial score (nSPS) is 10.1. The first-order valence-electron chi connectivity index (χ1n) is 4.34. The van der Waals surface area contributed by atoms with Crippen molar-refractivity contribution < 1.29 is 4.79 Å². The minimum absolute atomic E-state index is 0.608. The minimum Gasteiger partial charge on any atom is -0.303 e. The molecule has 0 saturated carbocycles. The van der Waals surface area contributed by atoms with Crippen molar-refractivity contribution in [3.05, 3.63) is 33.3 Å². The molecule has 1 aromatic rings. The van der Waals surface area contributed by atoms with Gasteiger partial charge in [0.05, 0.1) is 0 Å². The van der Waals surface area contributed by atoms with Crippen molar-refractivity contribution in [2.45, 2.75) is 26.7 Å². The molecule has 0 heterocycles. The Morgan fingerprint density at radius 2 is 2.08 bits per heavy atom. The molecule has 0 spiro atoms. The number of halogens is 1. The van der Waals surface area contributed by atoms with E-state index in [0.29, 0.717) is 6.42 Å². The zero-order valence-corrected chi connectivity index (χ0v) is 9.52. The molecule has 70 valence electrons. The van der Waals surface area contributed by atoms with Crippen LogP contribution in [0.15, 0.2) is 16.6 Å². The Labute approximate surface area is 87.3 Å². The zero-order valence-electron chi connectivity index (χ0n) is 7.93. The van der Waals surface area contributed by atoms with Gasteiger partial charge in [-0.2, -0.15) is 0 Å². The number of rotatable bonds is 3. The van der Waals surface area contributed by atoms with E-state index < -0.39 is 0 Å². The van der Waals surface area contributed by atoms with E-state index in [4.69, 9.17) is 0 Å².